The predicted octanol–water partition coefficient (Wildman–Crippen LogP) is 1.91. The number of amides is 2. The fourth-order valence-electron chi connectivity index (χ4n) is 2.89. The van der Waals surface area contributed by atoms with Crippen molar-refractivity contribution < 1.29 is 14.0 Å². The van der Waals surface area contributed by atoms with Crippen LogP contribution < -0.4 is 16.4 Å². The molecule has 2 aromatic carbocycles. The van der Waals surface area contributed by atoms with E-state index in [1.165, 1.54) is 17.8 Å². The van der Waals surface area contributed by atoms with Gasteiger partial charge in [0.1, 0.15) is 11.9 Å². The summed E-state index contributed by atoms with van der Waals surface area (Å²) in [5.41, 5.74) is 7.94. The maximum atomic E-state index is 13.8. The summed E-state index contributed by atoms with van der Waals surface area (Å²) >= 11 is 1.39. The van der Waals surface area contributed by atoms with Gasteiger partial charge in [-0.2, -0.15) is 0 Å². The summed E-state index contributed by atoms with van der Waals surface area (Å²) < 4.78 is 13.8. The molecule has 1 fully saturated rings. The van der Waals surface area contributed by atoms with E-state index in [2.05, 4.69) is 10.6 Å². The molecule has 1 saturated heterocycles. The summed E-state index contributed by atoms with van der Waals surface area (Å²) in [4.78, 5) is 24.6. The lowest BCUT2D eigenvalue weighted by Gasteiger charge is -2.28. The number of hydrogen-bond donors (Lipinski definition) is 3. The summed E-state index contributed by atoms with van der Waals surface area (Å²) in [6.07, 6.45) is 1.00. The summed E-state index contributed by atoms with van der Waals surface area (Å²) in [7, 11) is 0. The molecule has 2 unspecified atom stereocenters. The van der Waals surface area contributed by atoms with E-state index in [1.54, 1.807) is 18.2 Å². The Morgan fingerprint density at radius 2 is 1.96 bits per heavy atom. The Kier molecular flexibility index (Phi) is 6.34. The first-order chi connectivity index (χ1) is 13.0. The van der Waals surface area contributed by atoms with Gasteiger partial charge >= 0.3 is 0 Å². The van der Waals surface area contributed by atoms with Gasteiger partial charge in [0.15, 0.2) is 0 Å². The van der Waals surface area contributed by atoms with Crippen molar-refractivity contribution in [2.75, 3.05) is 18.0 Å². The fourth-order valence-corrected chi connectivity index (χ4v) is 4.06. The van der Waals surface area contributed by atoms with Crippen LogP contribution in [0.3, 0.4) is 0 Å². The van der Waals surface area contributed by atoms with Crippen LogP contribution in [0.5, 0.6) is 0 Å². The van der Waals surface area contributed by atoms with Crippen LogP contribution in [0.15, 0.2) is 48.5 Å². The smallest absolute Gasteiger partial charge is 0.243 e. The van der Waals surface area contributed by atoms with Crippen LogP contribution in [0.1, 0.15) is 11.1 Å². The zero-order chi connectivity index (χ0) is 19.2. The average molecular weight is 387 g/mol. The Morgan fingerprint density at radius 1 is 1.22 bits per heavy atom. The second-order valence-corrected chi connectivity index (χ2v) is 7.70. The molecule has 1 heterocycles. The number of nitrogen functional groups attached to an aromatic ring is 1. The quantitative estimate of drug-likeness (QED) is 0.661. The third-order valence-electron chi connectivity index (χ3n) is 4.45. The maximum absolute atomic E-state index is 13.8. The molecule has 5 nitrogen and oxygen atoms in total. The lowest BCUT2D eigenvalue weighted by Crippen LogP contribution is -2.54. The molecule has 0 saturated carbocycles. The van der Waals surface area contributed by atoms with Crippen LogP contribution >= 0.6 is 11.8 Å². The number of benzene rings is 2. The molecule has 2 aromatic rings. The first-order valence-corrected chi connectivity index (χ1v) is 9.85. The third-order valence-corrected chi connectivity index (χ3v) is 5.75. The summed E-state index contributed by atoms with van der Waals surface area (Å²) in [6.45, 7) is 0.485. The van der Waals surface area contributed by atoms with Gasteiger partial charge < -0.3 is 16.4 Å². The van der Waals surface area contributed by atoms with E-state index in [1.807, 2.05) is 24.3 Å². The van der Waals surface area contributed by atoms with Crippen molar-refractivity contribution >= 4 is 29.3 Å². The minimum absolute atomic E-state index is 0.198. The highest BCUT2D eigenvalue weighted by Gasteiger charge is 2.32. The van der Waals surface area contributed by atoms with E-state index in [-0.39, 0.29) is 22.9 Å². The standard InChI is InChI=1S/C20H22FN3O2S/c21-16-4-2-1-3-14(16)11-18-20(26)24-17(12-27-18)19(25)23-10-9-13-5-7-15(22)8-6-13/h1-8,17-18H,9-12,22H2,(H,23,25)(H,24,26). The maximum Gasteiger partial charge on any atom is 0.243 e. The lowest BCUT2D eigenvalue weighted by molar-refractivity contribution is -0.128. The summed E-state index contributed by atoms with van der Waals surface area (Å²) in [5.74, 6) is -0.268. The molecule has 0 spiro atoms. The highest BCUT2D eigenvalue weighted by molar-refractivity contribution is 8.00. The molecular formula is C20H22FN3O2S. The van der Waals surface area contributed by atoms with Gasteiger partial charge in [-0.25, -0.2) is 4.39 Å². The van der Waals surface area contributed by atoms with Crippen molar-refractivity contribution in [2.24, 2.45) is 0 Å². The zero-order valence-corrected chi connectivity index (χ0v) is 15.6. The van der Waals surface area contributed by atoms with E-state index in [0.29, 0.717) is 36.4 Å². The Morgan fingerprint density at radius 3 is 2.67 bits per heavy atom. The van der Waals surface area contributed by atoms with Crippen molar-refractivity contribution in [3.63, 3.8) is 0 Å². The van der Waals surface area contributed by atoms with Crippen molar-refractivity contribution in [3.8, 4) is 0 Å². The molecule has 0 aliphatic carbocycles. The largest absolute Gasteiger partial charge is 0.399 e. The van der Waals surface area contributed by atoms with Gasteiger partial charge in [-0.15, -0.1) is 11.8 Å². The molecule has 27 heavy (non-hydrogen) atoms. The molecule has 0 aromatic heterocycles. The van der Waals surface area contributed by atoms with Crippen LogP contribution in [0.2, 0.25) is 0 Å². The topological polar surface area (TPSA) is 84.2 Å². The van der Waals surface area contributed by atoms with E-state index in [9.17, 15) is 14.0 Å². The van der Waals surface area contributed by atoms with Gasteiger partial charge in [0.2, 0.25) is 11.8 Å². The molecule has 2 amide bonds. The number of nitrogens with two attached hydrogens (primary N) is 1. The number of halogens is 1. The fraction of sp³-hybridized carbons (Fsp3) is 0.300. The Balaban J connectivity index is 1.45. The molecule has 0 radical (unpaired) electrons. The monoisotopic (exact) mass is 387 g/mol. The van der Waals surface area contributed by atoms with E-state index < -0.39 is 6.04 Å². The molecule has 7 heteroatoms. The van der Waals surface area contributed by atoms with Crippen LogP contribution in [-0.2, 0) is 22.4 Å². The Hall–Kier alpha value is -2.54. The highest BCUT2D eigenvalue weighted by atomic mass is 32.2. The van der Waals surface area contributed by atoms with Crippen molar-refractivity contribution in [1.29, 1.82) is 0 Å². The van der Waals surface area contributed by atoms with E-state index in [0.717, 1.165) is 5.56 Å². The molecule has 4 N–H and O–H groups in total. The molecular weight excluding hydrogens is 365 g/mol. The van der Waals surface area contributed by atoms with Crippen LogP contribution in [-0.4, -0.2) is 35.4 Å². The zero-order valence-electron chi connectivity index (χ0n) is 14.8. The van der Waals surface area contributed by atoms with Gasteiger partial charge in [-0.3, -0.25) is 9.59 Å². The van der Waals surface area contributed by atoms with Gasteiger partial charge in [0.25, 0.3) is 0 Å². The lowest BCUT2D eigenvalue weighted by atomic mass is 10.1. The molecule has 1 aliphatic heterocycles. The van der Waals surface area contributed by atoms with Crippen molar-refractivity contribution in [2.45, 2.75) is 24.1 Å². The Labute approximate surface area is 161 Å². The van der Waals surface area contributed by atoms with Crippen LogP contribution in [0.25, 0.3) is 0 Å². The van der Waals surface area contributed by atoms with Gasteiger partial charge in [-0.1, -0.05) is 30.3 Å². The number of rotatable bonds is 6. The number of carbonyl (C=O) groups is 2. The minimum Gasteiger partial charge on any atom is -0.399 e. The van der Waals surface area contributed by atoms with Crippen molar-refractivity contribution in [3.05, 3.63) is 65.5 Å². The van der Waals surface area contributed by atoms with Crippen LogP contribution in [0.4, 0.5) is 10.1 Å². The van der Waals surface area contributed by atoms with Gasteiger partial charge in [-0.05, 0) is 42.2 Å². The highest BCUT2D eigenvalue weighted by Crippen LogP contribution is 2.23. The number of hydrogen-bond acceptors (Lipinski definition) is 4. The van der Waals surface area contributed by atoms with Gasteiger partial charge in [0.05, 0.1) is 5.25 Å². The molecule has 3 rings (SSSR count). The van der Waals surface area contributed by atoms with Gasteiger partial charge in [0, 0.05) is 18.0 Å². The second-order valence-electron chi connectivity index (χ2n) is 6.46. The number of thioether (sulfide) groups is 1. The number of anilines is 1. The summed E-state index contributed by atoms with van der Waals surface area (Å²) in [6, 6.07) is 13.4. The number of carbonyl (C=O) groups excluding carboxylic acids is 2. The second kappa shape index (κ2) is 8.90. The normalized spacial score (nSPS) is 19.4. The SMILES string of the molecule is Nc1ccc(CCNC(=O)C2CSC(Cc3ccccc3F)C(=O)N2)cc1. The number of nitrogens with one attached hydrogen (secondary N) is 2. The predicted molar refractivity (Wildman–Crippen MR) is 106 cm³/mol. The van der Waals surface area contributed by atoms with E-state index in [4.69, 9.17) is 5.73 Å². The van der Waals surface area contributed by atoms with Crippen LogP contribution in [0, 0.1) is 5.82 Å². The molecule has 142 valence electrons. The summed E-state index contributed by atoms with van der Waals surface area (Å²) in [5, 5.41) is 5.21. The van der Waals surface area contributed by atoms with Crippen molar-refractivity contribution in [1.82, 2.24) is 10.6 Å². The first kappa shape index (κ1) is 19.2. The third kappa shape index (κ3) is 5.23. The molecule has 0 bridgehead atoms. The minimum atomic E-state index is -0.564. The van der Waals surface area contributed by atoms with E-state index >= 15 is 0 Å². The molecule has 2 atom stereocenters. The first-order valence-electron chi connectivity index (χ1n) is 8.80. The average Bonchev–Trinajstić information content (AvgIpc) is 2.66. The molecule has 1 aliphatic rings. The Bertz CT molecular complexity index is 813.